The van der Waals surface area contributed by atoms with Crippen LogP contribution < -0.4 is 0 Å². The molecular weight excluding hydrogens is 366 g/mol. The number of hydrogen-bond donors (Lipinski definition) is 0. The predicted octanol–water partition coefficient (Wildman–Crippen LogP) is 0.873. The molecule has 2 saturated heterocycles. The molecule has 0 radical (unpaired) electrons. The number of amides is 1. The van der Waals surface area contributed by atoms with Crippen LogP contribution >= 0.6 is 0 Å². The minimum atomic E-state index is -2.99. The number of aromatic nitrogens is 3. The summed E-state index contributed by atoms with van der Waals surface area (Å²) in [6.07, 6.45) is 10.1. The monoisotopic (exact) mass is 395 g/mol. The van der Waals surface area contributed by atoms with Crippen molar-refractivity contribution in [1.29, 1.82) is 0 Å². The molecule has 1 aromatic heterocycles. The maximum atomic E-state index is 13.2. The van der Waals surface area contributed by atoms with E-state index in [0.29, 0.717) is 19.0 Å². The Kier molecular flexibility index (Phi) is 5.50. The van der Waals surface area contributed by atoms with Gasteiger partial charge in [-0.05, 0) is 32.1 Å². The number of carbonyl (C=O) groups is 1. The maximum Gasteiger partial charge on any atom is 0.237 e. The SMILES string of the molecule is O=C(CN1CCC(n2cncn2)CC1)N(C1CCCC1)C1CCS(=O)(=O)C1. The molecule has 150 valence electrons. The summed E-state index contributed by atoms with van der Waals surface area (Å²) >= 11 is 0. The highest BCUT2D eigenvalue weighted by Gasteiger charge is 2.39. The number of carbonyl (C=O) groups excluding carboxylic acids is 1. The lowest BCUT2D eigenvalue weighted by Gasteiger charge is -2.37. The van der Waals surface area contributed by atoms with Crippen LogP contribution in [-0.4, -0.2) is 82.1 Å². The number of likely N-dealkylation sites (tertiary alicyclic amines) is 1. The molecule has 8 nitrogen and oxygen atoms in total. The predicted molar refractivity (Wildman–Crippen MR) is 101 cm³/mol. The second kappa shape index (κ2) is 7.87. The zero-order chi connectivity index (χ0) is 18.9. The van der Waals surface area contributed by atoms with E-state index < -0.39 is 9.84 Å². The summed E-state index contributed by atoms with van der Waals surface area (Å²) in [5, 5.41) is 4.23. The summed E-state index contributed by atoms with van der Waals surface area (Å²) in [6.45, 7) is 2.12. The molecular formula is C18H29N5O3S. The van der Waals surface area contributed by atoms with Gasteiger partial charge in [-0.15, -0.1) is 0 Å². The van der Waals surface area contributed by atoms with E-state index in [1.54, 1.807) is 12.7 Å². The van der Waals surface area contributed by atoms with Gasteiger partial charge in [0.15, 0.2) is 9.84 Å². The minimum Gasteiger partial charge on any atom is -0.335 e. The van der Waals surface area contributed by atoms with Gasteiger partial charge in [0.2, 0.25) is 5.91 Å². The summed E-state index contributed by atoms with van der Waals surface area (Å²) in [5.41, 5.74) is 0. The third-order valence-electron chi connectivity index (χ3n) is 6.33. The van der Waals surface area contributed by atoms with Crippen molar-refractivity contribution in [2.24, 2.45) is 0 Å². The van der Waals surface area contributed by atoms with E-state index in [1.165, 1.54) is 0 Å². The van der Waals surface area contributed by atoms with Gasteiger partial charge < -0.3 is 4.90 Å². The average Bonchev–Trinajstić information content (AvgIpc) is 3.38. The van der Waals surface area contributed by atoms with Gasteiger partial charge in [0, 0.05) is 25.2 Å². The standard InChI is InChI=1S/C18H29N5O3S/c24-18(11-21-8-5-15(6-9-21)22-14-19-13-20-22)23(16-3-1-2-4-16)17-7-10-27(25,26)12-17/h13-17H,1-12H2. The first kappa shape index (κ1) is 18.9. The third kappa shape index (κ3) is 4.34. The number of piperidine rings is 1. The number of rotatable bonds is 5. The molecule has 1 amide bonds. The van der Waals surface area contributed by atoms with Gasteiger partial charge in [0.25, 0.3) is 0 Å². The normalized spacial score (nSPS) is 27.2. The third-order valence-corrected chi connectivity index (χ3v) is 8.08. The van der Waals surface area contributed by atoms with Crippen LogP contribution in [0, 0.1) is 0 Å². The summed E-state index contributed by atoms with van der Waals surface area (Å²) in [6, 6.07) is 0.450. The minimum absolute atomic E-state index is 0.114. The first-order valence-corrected chi connectivity index (χ1v) is 11.9. The van der Waals surface area contributed by atoms with Crippen molar-refractivity contribution in [1.82, 2.24) is 24.6 Å². The lowest BCUT2D eigenvalue weighted by Crippen LogP contribution is -2.51. The van der Waals surface area contributed by atoms with Crippen LogP contribution in [0.3, 0.4) is 0 Å². The molecule has 0 aromatic carbocycles. The number of hydrogen-bond acceptors (Lipinski definition) is 6. The van der Waals surface area contributed by atoms with E-state index in [9.17, 15) is 13.2 Å². The first-order chi connectivity index (χ1) is 13.0. The topological polar surface area (TPSA) is 88.4 Å². The lowest BCUT2D eigenvalue weighted by atomic mass is 10.0. The highest BCUT2D eigenvalue weighted by molar-refractivity contribution is 7.91. The number of sulfone groups is 1. The summed E-state index contributed by atoms with van der Waals surface area (Å²) in [4.78, 5) is 21.4. The van der Waals surface area contributed by atoms with Crippen LogP contribution in [0.2, 0.25) is 0 Å². The molecule has 4 rings (SSSR count). The Morgan fingerprint density at radius 3 is 2.41 bits per heavy atom. The van der Waals surface area contributed by atoms with Crippen LogP contribution in [0.25, 0.3) is 0 Å². The quantitative estimate of drug-likeness (QED) is 0.735. The Bertz CT molecular complexity index is 737. The second-order valence-corrected chi connectivity index (χ2v) is 10.4. The van der Waals surface area contributed by atoms with E-state index in [2.05, 4.69) is 15.0 Å². The van der Waals surface area contributed by atoms with E-state index >= 15 is 0 Å². The van der Waals surface area contributed by atoms with E-state index in [0.717, 1.165) is 51.6 Å². The maximum absolute atomic E-state index is 13.2. The van der Waals surface area contributed by atoms with Crippen molar-refractivity contribution in [2.45, 2.75) is 63.1 Å². The van der Waals surface area contributed by atoms with Gasteiger partial charge in [0.1, 0.15) is 12.7 Å². The van der Waals surface area contributed by atoms with Gasteiger partial charge >= 0.3 is 0 Å². The van der Waals surface area contributed by atoms with Crippen molar-refractivity contribution >= 4 is 15.7 Å². The highest BCUT2D eigenvalue weighted by atomic mass is 32.2. The molecule has 27 heavy (non-hydrogen) atoms. The summed E-state index contributed by atoms with van der Waals surface area (Å²) in [5.74, 6) is 0.476. The Labute approximate surface area is 160 Å². The molecule has 1 aliphatic carbocycles. The first-order valence-electron chi connectivity index (χ1n) is 10.1. The fourth-order valence-electron chi connectivity index (χ4n) is 4.90. The fraction of sp³-hybridized carbons (Fsp3) is 0.833. The molecule has 9 heteroatoms. The summed E-state index contributed by atoms with van der Waals surface area (Å²) in [7, 11) is -2.99. The molecule has 2 aliphatic heterocycles. The van der Waals surface area contributed by atoms with Gasteiger partial charge in [-0.1, -0.05) is 12.8 Å². The highest BCUT2D eigenvalue weighted by Crippen LogP contribution is 2.30. The van der Waals surface area contributed by atoms with Crippen LogP contribution in [-0.2, 0) is 14.6 Å². The smallest absolute Gasteiger partial charge is 0.237 e. The van der Waals surface area contributed by atoms with Crippen molar-refractivity contribution in [3.05, 3.63) is 12.7 Å². The zero-order valence-electron chi connectivity index (χ0n) is 15.7. The van der Waals surface area contributed by atoms with Gasteiger partial charge in [-0.3, -0.25) is 9.69 Å². The molecule has 0 N–H and O–H groups in total. The Hall–Kier alpha value is -1.48. The molecule has 1 unspecified atom stereocenters. The molecule has 1 aromatic rings. The zero-order valence-corrected chi connectivity index (χ0v) is 16.6. The molecule has 3 fully saturated rings. The number of nitrogens with zero attached hydrogens (tertiary/aromatic N) is 5. The fourth-order valence-corrected chi connectivity index (χ4v) is 6.61. The van der Waals surface area contributed by atoms with Crippen LogP contribution in [0.15, 0.2) is 12.7 Å². The van der Waals surface area contributed by atoms with Crippen LogP contribution in [0.1, 0.15) is 51.0 Å². The molecule has 0 bridgehead atoms. The van der Waals surface area contributed by atoms with Crippen molar-refractivity contribution in [3.63, 3.8) is 0 Å². The lowest BCUT2D eigenvalue weighted by molar-refractivity contribution is -0.137. The summed E-state index contributed by atoms with van der Waals surface area (Å²) < 4.78 is 25.8. The second-order valence-electron chi connectivity index (χ2n) is 8.18. The average molecular weight is 396 g/mol. The van der Waals surface area contributed by atoms with Gasteiger partial charge in [-0.2, -0.15) is 5.10 Å². The van der Waals surface area contributed by atoms with Crippen molar-refractivity contribution in [3.8, 4) is 0 Å². The molecule has 3 heterocycles. The van der Waals surface area contributed by atoms with E-state index in [-0.39, 0.29) is 29.5 Å². The van der Waals surface area contributed by atoms with Crippen molar-refractivity contribution in [2.75, 3.05) is 31.1 Å². The Morgan fingerprint density at radius 1 is 1.07 bits per heavy atom. The molecule has 0 spiro atoms. The van der Waals surface area contributed by atoms with Crippen LogP contribution in [0.4, 0.5) is 0 Å². The largest absolute Gasteiger partial charge is 0.335 e. The van der Waals surface area contributed by atoms with Crippen molar-refractivity contribution < 1.29 is 13.2 Å². The van der Waals surface area contributed by atoms with E-state index in [4.69, 9.17) is 0 Å². The molecule has 1 atom stereocenters. The van der Waals surface area contributed by atoms with Gasteiger partial charge in [-0.25, -0.2) is 18.1 Å². The molecule has 1 saturated carbocycles. The molecule has 3 aliphatic rings. The van der Waals surface area contributed by atoms with Crippen LogP contribution in [0.5, 0.6) is 0 Å². The Morgan fingerprint density at radius 2 is 1.81 bits per heavy atom. The Balaban J connectivity index is 1.37. The van der Waals surface area contributed by atoms with Gasteiger partial charge in [0.05, 0.1) is 24.1 Å². The van der Waals surface area contributed by atoms with E-state index in [1.807, 2.05) is 9.58 Å².